The Morgan fingerprint density at radius 1 is 0.846 bits per heavy atom. The monoisotopic (exact) mass is 365 g/mol. The first kappa shape index (κ1) is 16.4. The van der Waals surface area contributed by atoms with Crippen molar-refractivity contribution >= 4 is 17.2 Å². The third-order valence-corrected chi connectivity index (χ3v) is 4.43. The van der Waals surface area contributed by atoms with Gasteiger partial charge in [-0.2, -0.15) is 5.10 Å². The van der Waals surface area contributed by atoms with Crippen molar-refractivity contribution in [3.63, 3.8) is 0 Å². The van der Waals surface area contributed by atoms with E-state index in [1.54, 1.807) is 14.2 Å². The predicted molar refractivity (Wildman–Crippen MR) is 102 cm³/mol. The van der Waals surface area contributed by atoms with Crippen LogP contribution in [0.1, 0.15) is 0 Å². The number of imidazole rings is 1. The molecular formula is C20H16ClN3O2. The van der Waals surface area contributed by atoms with Crippen molar-refractivity contribution in [1.29, 1.82) is 0 Å². The molecule has 0 atom stereocenters. The van der Waals surface area contributed by atoms with Crippen LogP contribution < -0.4 is 9.47 Å². The molecule has 0 saturated heterocycles. The summed E-state index contributed by atoms with van der Waals surface area (Å²) in [6.07, 6.45) is 1.81. The number of rotatable bonds is 4. The lowest BCUT2D eigenvalue weighted by molar-refractivity contribution is 0.355. The van der Waals surface area contributed by atoms with E-state index >= 15 is 0 Å². The van der Waals surface area contributed by atoms with E-state index in [1.165, 1.54) is 0 Å². The number of benzene rings is 2. The molecule has 0 saturated carbocycles. The van der Waals surface area contributed by atoms with Crippen LogP contribution in [0.15, 0.2) is 60.8 Å². The predicted octanol–water partition coefficient (Wildman–Crippen LogP) is 4.73. The van der Waals surface area contributed by atoms with Crippen LogP contribution in [0.25, 0.3) is 28.2 Å². The molecule has 0 amide bonds. The molecule has 0 unspecified atom stereocenters. The molecule has 0 aliphatic heterocycles. The van der Waals surface area contributed by atoms with E-state index in [2.05, 4.69) is 4.98 Å². The van der Waals surface area contributed by atoms with Gasteiger partial charge in [-0.25, -0.2) is 9.50 Å². The summed E-state index contributed by atoms with van der Waals surface area (Å²) in [4.78, 5) is 4.44. The Kier molecular flexibility index (Phi) is 4.22. The zero-order valence-electron chi connectivity index (χ0n) is 14.3. The van der Waals surface area contributed by atoms with Gasteiger partial charge in [-0.15, -0.1) is 0 Å². The van der Waals surface area contributed by atoms with Gasteiger partial charge in [0.25, 0.3) is 0 Å². The zero-order valence-corrected chi connectivity index (χ0v) is 15.1. The number of halogens is 1. The Labute approximate surface area is 155 Å². The van der Waals surface area contributed by atoms with Crippen LogP contribution in [-0.2, 0) is 0 Å². The van der Waals surface area contributed by atoms with Crippen LogP contribution in [0, 0.1) is 0 Å². The highest BCUT2D eigenvalue weighted by Gasteiger charge is 2.11. The van der Waals surface area contributed by atoms with Crippen LogP contribution in [-0.4, -0.2) is 28.8 Å². The number of hydrogen-bond donors (Lipinski definition) is 0. The Bertz CT molecular complexity index is 1070. The quantitative estimate of drug-likeness (QED) is 0.524. The Morgan fingerprint density at radius 3 is 2.31 bits per heavy atom. The summed E-state index contributed by atoms with van der Waals surface area (Å²) in [6.45, 7) is 0. The van der Waals surface area contributed by atoms with Crippen LogP contribution in [0.2, 0.25) is 5.02 Å². The van der Waals surface area contributed by atoms with Gasteiger partial charge in [-0.05, 0) is 42.5 Å². The first-order valence-electron chi connectivity index (χ1n) is 8.03. The minimum absolute atomic E-state index is 0.662. The first-order valence-corrected chi connectivity index (χ1v) is 8.40. The van der Waals surface area contributed by atoms with Crippen molar-refractivity contribution < 1.29 is 9.47 Å². The van der Waals surface area contributed by atoms with Crippen LogP contribution in [0.5, 0.6) is 11.5 Å². The van der Waals surface area contributed by atoms with Crippen LogP contribution in [0.4, 0.5) is 0 Å². The van der Waals surface area contributed by atoms with Gasteiger partial charge >= 0.3 is 0 Å². The summed E-state index contributed by atoms with van der Waals surface area (Å²) in [6, 6.07) is 17.2. The molecule has 0 aliphatic rings. The molecule has 26 heavy (non-hydrogen) atoms. The van der Waals surface area contributed by atoms with Gasteiger partial charge in [-0.1, -0.05) is 23.7 Å². The van der Waals surface area contributed by atoms with E-state index in [1.807, 2.05) is 65.3 Å². The summed E-state index contributed by atoms with van der Waals surface area (Å²) in [5.41, 5.74) is 4.42. The van der Waals surface area contributed by atoms with Crippen molar-refractivity contribution in [1.82, 2.24) is 14.6 Å². The van der Waals surface area contributed by atoms with Gasteiger partial charge in [0.15, 0.2) is 17.1 Å². The van der Waals surface area contributed by atoms with E-state index in [0.717, 1.165) is 28.2 Å². The largest absolute Gasteiger partial charge is 0.493 e. The molecule has 6 heteroatoms. The van der Waals surface area contributed by atoms with E-state index in [-0.39, 0.29) is 0 Å². The molecule has 0 radical (unpaired) electrons. The number of fused-ring (bicyclic) bond motifs is 1. The molecule has 2 aromatic heterocycles. The van der Waals surface area contributed by atoms with Crippen molar-refractivity contribution in [2.45, 2.75) is 0 Å². The summed E-state index contributed by atoms with van der Waals surface area (Å²) < 4.78 is 12.5. The number of hydrogen-bond acceptors (Lipinski definition) is 4. The van der Waals surface area contributed by atoms with E-state index < -0.39 is 0 Å². The molecule has 0 spiro atoms. The third kappa shape index (κ3) is 2.86. The SMILES string of the molecule is COc1ccc(-c2ccc3ncc(-c4ccc(Cl)cc4)n3n2)cc1OC. The normalized spacial score (nSPS) is 10.9. The summed E-state index contributed by atoms with van der Waals surface area (Å²) >= 11 is 5.99. The molecule has 0 bridgehead atoms. The van der Waals surface area contributed by atoms with Gasteiger partial charge < -0.3 is 9.47 Å². The van der Waals surface area contributed by atoms with Crippen molar-refractivity contribution in [3.8, 4) is 34.0 Å². The second kappa shape index (κ2) is 6.69. The topological polar surface area (TPSA) is 48.7 Å². The van der Waals surface area contributed by atoms with E-state index in [9.17, 15) is 0 Å². The fourth-order valence-corrected chi connectivity index (χ4v) is 2.97. The smallest absolute Gasteiger partial charge is 0.161 e. The van der Waals surface area contributed by atoms with Gasteiger partial charge in [0.1, 0.15) is 0 Å². The number of nitrogens with zero attached hydrogens (tertiary/aromatic N) is 3. The molecule has 2 heterocycles. The minimum atomic E-state index is 0.662. The lowest BCUT2D eigenvalue weighted by Crippen LogP contribution is -1.97. The Hall–Kier alpha value is -3.05. The number of aromatic nitrogens is 3. The fourth-order valence-electron chi connectivity index (χ4n) is 2.84. The number of methoxy groups -OCH3 is 2. The van der Waals surface area contributed by atoms with Crippen molar-refractivity contribution in [2.75, 3.05) is 14.2 Å². The highest BCUT2D eigenvalue weighted by molar-refractivity contribution is 6.30. The zero-order chi connectivity index (χ0) is 18.1. The molecular weight excluding hydrogens is 350 g/mol. The van der Waals surface area contributed by atoms with E-state index in [0.29, 0.717) is 16.5 Å². The molecule has 4 rings (SSSR count). The van der Waals surface area contributed by atoms with Gasteiger partial charge in [0.05, 0.1) is 31.8 Å². The molecule has 2 aromatic carbocycles. The second-order valence-electron chi connectivity index (χ2n) is 5.71. The highest BCUT2D eigenvalue weighted by Crippen LogP contribution is 2.32. The maximum atomic E-state index is 5.99. The maximum absolute atomic E-state index is 5.99. The standard InChI is InChI=1S/C20H16ClN3O2/c1-25-18-9-5-14(11-19(18)26-2)16-8-10-20-22-12-17(24(20)23-16)13-3-6-15(21)7-4-13/h3-12H,1-2H3. The first-order chi connectivity index (χ1) is 12.7. The number of ether oxygens (including phenoxy) is 2. The summed E-state index contributed by atoms with van der Waals surface area (Å²) in [5, 5.41) is 5.46. The highest BCUT2D eigenvalue weighted by atomic mass is 35.5. The molecule has 0 aliphatic carbocycles. The van der Waals surface area contributed by atoms with Crippen LogP contribution in [0.3, 0.4) is 0 Å². The van der Waals surface area contributed by atoms with Crippen molar-refractivity contribution in [3.05, 3.63) is 65.8 Å². The molecule has 4 aromatic rings. The Balaban J connectivity index is 1.83. The molecule has 0 N–H and O–H groups in total. The third-order valence-electron chi connectivity index (χ3n) is 4.18. The fraction of sp³-hybridized carbons (Fsp3) is 0.100. The Morgan fingerprint density at radius 2 is 1.58 bits per heavy atom. The van der Waals surface area contributed by atoms with E-state index in [4.69, 9.17) is 26.2 Å². The molecule has 5 nitrogen and oxygen atoms in total. The minimum Gasteiger partial charge on any atom is -0.493 e. The second-order valence-corrected chi connectivity index (χ2v) is 6.15. The maximum Gasteiger partial charge on any atom is 0.161 e. The molecule has 130 valence electrons. The average Bonchev–Trinajstić information content (AvgIpc) is 3.11. The molecule has 0 fully saturated rings. The van der Waals surface area contributed by atoms with Crippen LogP contribution >= 0.6 is 11.6 Å². The van der Waals surface area contributed by atoms with Gasteiger partial charge in [-0.3, -0.25) is 0 Å². The summed E-state index contributed by atoms with van der Waals surface area (Å²) in [5.74, 6) is 1.34. The lowest BCUT2D eigenvalue weighted by atomic mass is 10.1. The van der Waals surface area contributed by atoms with Gasteiger partial charge in [0.2, 0.25) is 0 Å². The lowest BCUT2D eigenvalue weighted by Gasteiger charge is -2.10. The van der Waals surface area contributed by atoms with Gasteiger partial charge in [0, 0.05) is 16.1 Å². The average molecular weight is 366 g/mol. The summed E-state index contributed by atoms with van der Waals surface area (Å²) in [7, 11) is 3.23. The van der Waals surface area contributed by atoms with Crippen molar-refractivity contribution in [2.24, 2.45) is 0 Å².